The molecule has 112 valence electrons. The van der Waals surface area contributed by atoms with Crippen molar-refractivity contribution in [2.45, 2.75) is 37.2 Å². The normalized spacial score (nSPS) is 13.4. The molecule has 0 radical (unpaired) electrons. The van der Waals surface area contributed by atoms with Gasteiger partial charge in [-0.15, -0.1) is 0 Å². The third kappa shape index (κ3) is 4.59. The molecule has 0 aliphatic rings. The Hall–Kier alpha value is -1.44. The lowest BCUT2D eigenvalue weighted by molar-refractivity contribution is -0.146. The molecule has 0 aliphatic heterocycles. The minimum atomic E-state index is -3.68. The molecule has 0 saturated heterocycles. The molecule has 0 unspecified atom stereocenters. The van der Waals surface area contributed by atoms with Crippen molar-refractivity contribution < 1.29 is 23.4 Å². The number of nitrogens with one attached hydrogen (secondary N) is 1. The molecule has 1 aromatic carbocycles. The van der Waals surface area contributed by atoms with E-state index in [4.69, 9.17) is 10.2 Å². The Morgan fingerprint density at radius 1 is 1.25 bits per heavy atom. The topological polar surface area (TPSA) is 104 Å². The number of hydrogen-bond acceptors (Lipinski definition) is 4. The van der Waals surface area contributed by atoms with Crippen LogP contribution in [-0.4, -0.2) is 37.2 Å². The van der Waals surface area contributed by atoms with Gasteiger partial charge in [-0.1, -0.05) is 26.0 Å². The molecule has 3 N–H and O–H groups in total. The lowest BCUT2D eigenvalue weighted by Gasteiger charge is -2.10. The van der Waals surface area contributed by atoms with Crippen LogP contribution in [0.15, 0.2) is 29.2 Å². The molecule has 1 rings (SSSR count). The molecule has 0 spiro atoms. The Bertz CT molecular complexity index is 551. The first kappa shape index (κ1) is 16.6. The van der Waals surface area contributed by atoms with Crippen LogP contribution in [0.4, 0.5) is 0 Å². The summed E-state index contributed by atoms with van der Waals surface area (Å²) < 4.78 is 26.1. The summed E-state index contributed by atoms with van der Waals surface area (Å²) >= 11 is 0. The summed E-state index contributed by atoms with van der Waals surface area (Å²) in [4.78, 5) is 10.5. The molecule has 0 amide bonds. The molecule has 0 bridgehead atoms. The van der Waals surface area contributed by atoms with Gasteiger partial charge in [-0.05, 0) is 30.0 Å². The second-order valence-corrected chi connectivity index (χ2v) is 6.53. The Morgan fingerprint density at radius 3 is 2.25 bits per heavy atom. The number of aliphatic hydroxyl groups excluding tert-OH is 1. The average molecular weight is 301 g/mol. The van der Waals surface area contributed by atoms with Gasteiger partial charge in [0.05, 0.1) is 4.90 Å². The molecule has 0 fully saturated rings. The zero-order chi connectivity index (χ0) is 15.3. The number of hydrogen-bond donors (Lipinski definition) is 3. The van der Waals surface area contributed by atoms with Gasteiger partial charge < -0.3 is 10.2 Å². The summed E-state index contributed by atoms with van der Waals surface area (Å²) in [6, 6.07) is 6.49. The maximum Gasteiger partial charge on any atom is 0.332 e. The van der Waals surface area contributed by atoms with Crippen molar-refractivity contribution in [1.82, 2.24) is 4.72 Å². The smallest absolute Gasteiger partial charge is 0.332 e. The van der Waals surface area contributed by atoms with Gasteiger partial charge in [0.25, 0.3) is 0 Å². The molecule has 0 saturated carbocycles. The van der Waals surface area contributed by atoms with Crippen LogP contribution >= 0.6 is 0 Å². The molecule has 0 aliphatic carbocycles. The van der Waals surface area contributed by atoms with Crippen LogP contribution in [0.3, 0.4) is 0 Å². The molecule has 1 aromatic rings. The number of rotatable bonds is 7. The minimum absolute atomic E-state index is 0.117. The predicted molar refractivity (Wildman–Crippen MR) is 74.0 cm³/mol. The van der Waals surface area contributed by atoms with Crippen molar-refractivity contribution in [2.24, 2.45) is 0 Å². The highest BCUT2D eigenvalue weighted by atomic mass is 32.2. The van der Waals surface area contributed by atoms with E-state index >= 15 is 0 Å². The van der Waals surface area contributed by atoms with E-state index in [1.165, 1.54) is 12.1 Å². The predicted octanol–water partition coefficient (Wildman–Crippen LogP) is 0.924. The lowest BCUT2D eigenvalue weighted by atomic mass is 10.0. The van der Waals surface area contributed by atoms with E-state index in [0.29, 0.717) is 5.92 Å². The van der Waals surface area contributed by atoms with Crippen LogP contribution in [0.25, 0.3) is 0 Å². The molecular weight excluding hydrogens is 282 g/mol. The van der Waals surface area contributed by atoms with Crippen LogP contribution in [0.1, 0.15) is 31.7 Å². The fourth-order valence-electron chi connectivity index (χ4n) is 1.57. The quantitative estimate of drug-likeness (QED) is 0.695. The van der Waals surface area contributed by atoms with Crippen LogP contribution in [0, 0.1) is 0 Å². The summed E-state index contributed by atoms with van der Waals surface area (Å²) in [5.41, 5.74) is 1.03. The van der Waals surface area contributed by atoms with E-state index in [1.54, 1.807) is 12.1 Å². The Balaban J connectivity index is 2.67. The third-order valence-electron chi connectivity index (χ3n) is 2.85. The summed E-state index contributed by atoms with van der Waals surface area (Å²) in [5, 5.41) is 17.5. The van der Waals surface area contributed by atoms with E-state index in [1.807, 2.05) is 13.8 Å². The summed E-state index contributed by atoms with van der Waals surface area (Å²) in [7, 11) is -3.68. The van der Waals surface area contributed by atoms with Gasteiger partial charge in [0.2, 0.25) is 10.0 Å². The highest BCUT2D eigenvalue weighted by Crippen LogP contribution is 2.17. The van der Waals surface area contributed by atoms with Gasteiger partial charge in [0.1, 0.15) is 0 Å². The van der Waals surface area contributed by atoms with Crippen LogP contribution in [0.5, 0.6) is 0 Å². The fourth-order valence-corrected chi connectivity index (χ4v) is 2.62. The molecule has 7 heteroatoms. The van der Waals surface area contributed by atoms with Gasteiger partial charge >= 0.3 is 5.97 Å². The molecular formula is C13H19NO5S. The van der Waals surface area contributed by atoms with Crippen LogP contribution in [-0.2, 0) is 14.8 Å². The monoisotopic (exact) mass is 301 g/mol. The Kier molecular flexibility index (Phi) is 5.67. The number of carboxylic acid groups (broad SMARTS) is 1. The van der Waals surface area contributed by atoms with E-state index < -0.39 is 22.1 Å². The summed E-state index contributed by atoms with van der Waals surface area (Å²) in [6.07, 6.45) is -1.75. The maximum absolute atomic E-state index is 11.9. The van der Waals surface area contributed by atoms with Gasteiger partial charge in [0, 0.05) is 6.54 Å². The van der Waals surface area contributed by atoms with Crippen molar-refractivity contribution in [3.63, 3.8) is 0 Å². The van der Waals surface area contributed by atoms with Crippen molar-refractivity contribution in [3.05, 3.63) is 29.8 Å². The van der Waals surface area contributed by atoms with Gasteiger partial charge in [-0.25, -0.2) is 17.9 Å². The fraction of sp³-hybridized carbons (Fsp3) is 0.462. The van der Waals surface area contributed by atoms with E-state index in [2.05, 4.69) is 4.72 Å². The van der Waals surface area contributed by atoms with Crippen molar-refractivity contribution in [3.8, 4) is 0 Å². The third-order valence-corrected chi connectivity index (χ3v) is 4.33. The van der Waals surface area contributed by atoms with E-state index in [0.717, 1.165) is 5.56 Å². The second kappa shape index (κ2) is 6.83. The number of benzene rings is 1. The molecule has 0 aromatic heterocycles. The van der Waals surface area contributed by atoms with Crippen LogP contribution in [0.2, 0.25) is 0 Å². The van der Waals surface area contributed by atoms with Gasteiger partial charge in [-0.2, -0.15) is 0 Å². The highest BCUT2D eigenvalue weighted by molar-refractivity contribution is 7.89. The first-order valence-electron chi connectivity index (χ1n) is 6.24. The summed E-state index contributed by atoms with van der Waals surface area (Å²) in [6.45, 7) is 3.88. The Labute approximate surface area is 118 Å². The Morgan fingerprint density at radius 2 is 1.80 bits per heavy atom. The SMILES string of the molecule is CC(C)c1ccc(S(=O)(=O)NCC[C@H](O)C(=O)O)cc1. The lowest BCUT2D eigenvalue weighted by Crippen LogP contribution is -2.30. The van der Waals surface area contributed by atoms with Crippen LogP contribution < -0.4 is 4.72 Å². The number of aliphatic hydroxyl groups is 1. The zero-order valence-corrected chi connectivity index (χ0v) is 12.2. The largest absolute Gasteiger partial charge is 0.479 e. The summed E-state index contributed by atoms with van der Waals surface area (Å²) in [5.74, 6) is -1.06. The maximum atomic E-state index is 11.9. The number of aliphatic carboxylic acids is 1. The molecule has 6 nitrogen and oxygen atoms in total. The van der Waals surface area contributed by atoms with E-state index in [-0.39, 0.29) is 17.9 Å². The van der Waals surface area contributed by atoms with Crippen molar-refractivity contribution >= 4 is 16.0 Å². The number of carboxylic acids is 1. The minimum Gasteiger partial charge on any atom is -0.479 e. The number of carbonyl (C=O) groups is 1. The first-order chi connectivity index (χ1) is 9.24. The van der Waals surface area contributed by atoms with Gasteiger partial charge in [0.15, 0.2) is 6.10 Å². The molecule has 20 heavy (non-hydrogen) atoms. The average Bonchev–Trinajstić information content (AvgIpc) is 2.38. The molecule has 1 atom stereocenters. The standard InChI is InChI=1S/C13H19NO5S/c1-9(2)10-3-5-11(6-4-10)20(18,19)14-8-7-12(15)13(16)17/h3-6,9,12,14-15H,7-8H2,1-2H3,(H,16,17)/t12-/m0/s1. The highest BCUT2D eigenvalue weighted by Gasteiger charge is 2.17. The first-order valence-corrected chi connectivity index (χ1v) is 7.73. The van der Waals surface area contributed by atoms with Crippen molar-refractivity contribution in [2.75, 3.05) is 6.54 Å². The number of sulfonamides is 1. The zero-order valence-electron chi connectivity index (χ0n) is 11.4. The van der Waals surface area contributed by atoms with Crippen molar-refractivity contribution in [1.29, 1.82) is 0 Å². The second-order valence-electron chi connectivity index (χ2n) is 4.76. The van der Waals surface area contributed by atoms with Gasteiger partial charge in [-0.3, -0.25) is 0 Å². The molecule has 0 heterocycles. The van der Waals surface area contributed by atoms with E-state index in [9.17, 15) is 13.2 Å².